The first-order chi connectivity index (χ1) is 18.7. The number of nitrogens with one attached hydrogen (secondary N) is 2. The molecule has 214 valence electrons. The van der Waals surface area contributed by atoms with Crippen LogP contribution in [0.1, 0.15) is 58.5 Å². The standard InChI is InChI=1S/C28H36F2N4O3.CH4S/c1-5-9-34(10-6-2)28(37)22-12-19(3)11-21(16-22)27(36)33-25(26(35)18-32-8-7-31-4)15-20-13-23(29)17-24(30)14-20;1-2/h7-8,11-14,16-17,25-26,32,35H,4-6,9-10,15,18H2,1-3H3,(H,33,36);2H,1H3/b8-7-;/t25-,26-;/m0./s1. The second kappa shape index (κ2) is 18.1. The third kappa shape index (κ3) is 11.6. The van der Waals surface area contributed by atoms with Crippen LogP contribution in [0.25, 0.3) is 0 Å². The van der Waals surface area contributed by atoms with Gasteiger partial charge in [-0.1, -0.05) is 13.8 Å². The topological polar surface area (TPSA) is 94.0 Å². The fraction of sp³-hybridized carbons (Fsp3) is 0.414. The molecule has 10 heteroatoms. The van der Waals surface area contributed by atoms with Crippen LogP contribution in [0.15, 0.2) is 53.8 Å². The van der Waals surface area contributed by atoms with Gasteiger partial charge in [-0.25, -0.2) is 8.78 Å². The van der Waals surface area contributed by atoms with E-state index in [-0.39, 0.29) is 30.0 Å². The van der Waals surface area contributed by atoms with Gasteiger partial charge in [0.05, 0.1) is 12.1 Å². The number of carbonyl (C=O) groups excluding carboxylic acids is 2. The number of carbonyl (C=O) groups is 2. The van der Waals surface area contributed by atoms with Crippen LogP contribution in [0.2, 0.25) is 0 Å². The number of nitrogens with zero attached hydrogens (tertiary/aromatic N) is 2. The number of hydrogen-bond donors (Lipinski definition) is 4. The summed E-state index contributed by atoms with van der Waals surface area (Å²) in [5.74, 6) is -2.17. The second-order valence-electron chi connectivity index (χ2n) is 8.92. The average molecular weight is 563 g/mol. The molecule has 39 heavy (non-hydrogen) atoms. The summed E-state index contributed by atoms with van der Waals surface area (Å²) in [4.78, 5) is 31.7. The van der Waals surface area contributed by atoms with Crippen LogP contribution in [0.5, 0.6) is 0 Å². The quantitative estimate of drug-likeness (QED) is 0.201. The number of amides is 2. The number of thiol groups is 1. The van der Waals surface area contributed by atoms with Crippen LogP contribution in [-0.2, 0) is 6.42 Å². The SMILES string of the molecule is C=N/C=C\NC[C@H](O)[C@H](Cc1cc(F)cc(F)c1)NC(=O)c1cc(C)cc(C(=O)N(CCC)CCC)c1.CS. The molecule has 0 aliphatic rings. The molecule has 0 aliphatic carbocycles. The average Bonchev–Trinajstić information content (AvgIpc) is 2.90. The Kier molecular flexibility index (Phi) is 15.7. The number of aliphatic hydroxyl groups is 1. The molecule has 0 heterocycles. The van der Waals surface area contributed by atoms with Gasteiger partial charge < -0.3 is 20.6 Å². The molecule has 2 aromatic rings. The van der Waals surface area contributed by atoms with E-state index >= 15 is 0 Å². The van der Waals surface area contributed by atoms with Crippen molar-refractivity contribution in [2.45, 2.75) is 52.2 Å². The molecule has 2 atom stereocenters. The number of halogens is 2. The molecule has 0 fully saturated rings. The molecule has 7 nitrogen and oxygen atoms in total. The van der Waals surface area contributed by atoms with Crippen LogP contribution < -0.4 is 10.6 Å². The first kappa shape index (κ1) is 33.8. The normalized spacial score (nSPS) is 12.2. The number of rotatable bonds is 14. The maximum atomic E-state index is 13.8. The van der Waals surface area contributed by atoms with Gasteiger partial charge in [0.1, 0.15) is 11.6 Å². The van der Waals surface area contributed by atoms with E-state index in [1.165, 1.54) is 18.5 Å². The summed E-state index contributed by atoms with van der Waals surface area (Å²) in [6.07, 6.45) is 5.07. The third-order valence-electron chi connectivity index (χ3n) is 5.64. The Morgan fingerprint density at radius 3 is 2.21 bits per heavy atom. The Bertz CT molecular complexity index is 1090. The smallest absolute Gasteiger partial charge is 0.253 e. The number of aryl methyl sites for hydroxylation is 1. The van der Waals surface area contributed by atoms with Gasteiger partial charge in [-0.3, -0.25) is 14.6 Å². The van der Waals surface area contributed by atoms with Crippen LogP contribution >= 0.6 is 12.6 Å². The van der Waals surface area contributed by atoms with Crippen LogP contribution in [0.3, 0.4) is 0 Å². The molecular formula is C29H40F2N4O3S. The fourth-order valence-electron chi connectivity index (χ4n) is 4.03. The highest BCUT2D eigenvalue weighted by molar-refractivity contribution is 7.79. The van der Waals surface area contributed by atoms with Gasteiger partial charge in [-0.15, -0.1) is 0 Å². The van der Waals surface area contributed by atoms with E-state index in [1.54, 1.807) is 30.2 Å². The summed E-state index contributed by atoms with van der Waals surface area (Å²) in [5.41, 5.74) is 1.67. The molecule has 0 saturated heterocycles. The summed E-state index contributed by atoms with van der Waals surface area (Å²) in [6, 6.07) is 7.11. The molecule has 0 spiro atoms. The highest BCUT2D eigenvalue weighted by atomic mass is 32.1. The molecule has 0 unspecified atom stereocenters. The van der Waals surface area contributed by atoms with Crippen molar-refractivity contribution >= 4 is 31.2 Å². The second-order valence-corrected chi connectivity index (χ2v) is 8.92. The van der Waals surface area contributed by atoms with Crippen molar-refractivity contribution in [3.8, 4) is 0 Å². The highest BCUT2D eigenvalue weighted by Crippen LogP contribution is 2.16. The van der Waals surface area contributed by atoms with E-state index in [4.69, 9.17) is 0 Å². The minimum Gasteiger partial charge on any atom is -0.389 e. The molecule has 0 bridgehead atoms. The van der Waals surface area contributed by atoms with Crippen molar-refractivity contribution in [1.82, 2.24) is 15.5 Å². The molecule has 0 aromatic heterocycles. The highest BCUT2D eigenvalue weighted by Gasteiger charge is 2.24. The molecule has 2 amide bonds. The number of hydrogen-bond acceptors (Lipinski definition) is 6. The van der Waals surface area contributed by atoms with E-state index in [0.29, 0.717) is 18.7 Å². The maximum absolute atomic E-state index is 13.8. The van der Waals surface area contributed by atoms with Gasteiger partial charge in [0.2, 0.25) is 0 Å². The summed E-state index contributed by atoms with van der Waals surface area (Å²) >= 11 is 3.53. The zero-order valence-electron chi connectivity index (χ0n) is 23.1. The Hall–Kier alpha value is -3.24. The van der Waals surface area contributed by atoms with Crippen LogP contribution in [-0.4, -0.2) is 66.6 Å². The van der Waals surface area contributed by atoms with E-state index in [2.05, 4.69) is 35.0 Å². The minimum absolute atomic E-state index is 0.0227. The largest absolute Gasteiger partial charge is 0.389 e. The Morgan fingerprint density at radius 1 is 1.05 bits per heavy atom. The van der Waals surface area contributed by atoms with Gasteiger partial charge in [-0.2, -0.15) is 12.6 Å². The molecule has 0 aliphatic heterocycles. The van der Waals surface area contributed by atoms with Gasteiger partial charge in [-0.05, 0) is 80.6 Å². The summed E-state index contributed by atoms with van der Waals surface area (Å²) in [6.45, 7) is 10.4. The van der Waals surface area contributed by atoms with Crippen molar-refractivity contribution in [1.29, 1.82) is 0 Å². The van der Waals surface area contributed by atoms with E-state index in [9.17, 15) is 23.5 Å². The van der Waals surface area contributed by atoms with Gasteiger partial charge >= 0.3 is 0 Å². The lowest BCUT2D eigenvalue weighted by atomic mass is 9.99. The molecule has 0 saturated carbocycles. The first-order valence-corrected chi connectivity index (χ1v) is 13.7. The lowest BCUT2D eigenvalue weighted by Gasteiger charge is -2.25. The van der Waals surface area contributed by atoms with Crippen LogP contribution in [0, 0.1) is 18.6 Å². The Morgan fingerprint density at radius 2 is 1.64 bits per heavy atom. The predicted molar refractivity (Wildman–Crippen MR) is 157 cm³/mol. The van der Waals surface area contributed by atoms with Crippen molar-refractivity contribution < 1.29 is 23.5 Å². The van der Waals surface area contributed by atoms with Gasteiger partial charge in [0.15, 0.2) is 0 Å². The lowest BCUT2D eigenvalue weighted by molar-refractivity contribution is 0.0755. The summed E-state index contributed by atoms with van der Waals surface area (Å²) < 4.78 is 27.5. The molecule has 2 aromatic carbocycles. The predicted octanol–water partition coefficient (Wildman–Crippen LogP) is 4.54. The zero-order chi connectivity index (χ0) is 29.4. The van der Waals surface area contributed by atoms with Crippen molar-refractivity contribution in [3.63, 3.8) is 0 Å². The lowest BCUT2D eigenvalue weighted by Crippen LogP contribution is -2.48. The zero-order valence-corrected chi connectivity index (χ0v) is 24.0. The number of benzene rings is 2. The molecule has 3 N–H and O–H groups in total. The molecule has 2 rings (SSSR count). The molecule has 0 radical (unpaired) electrons. The number of aliphatic hydroxyl groups excluding tert-OH is 1. The van der Waals surface area contributed by atoms with Crippen LogP contribution in [0.4, 0.5) is 8.78 Å². The minimum atomic E-state index is -1.11. The fourth-order valence-corrected chi connectivity index (χ4v) is 4.03. The first-order valence-electron chi connectivity index (χ1n) is 12.8. The summed E-state index contributed by atoms with van der Waals surface area (Å²) in [7, 11) is 0. The monoisotopic (exact) mass is 562 g/mol. The van der Waals surface area contributed by atoms with Crippen molar-refractivity contribution in [3.05, 3.63) is 82.7 Å². The third-order valence-corrected chi connectivity index (χ3v) is 5.64. The molecular weight excluding hydrogens is 522 g/mol. The van der Waals surface area contributed by atoms with E-state index in [0.717, 1.165) is 36.6 Å². The Labute approximate surface area is 235 Å². The van der Waals surface area contributed by atoms with Crippen molar-refractivity contribution in [2.75, 3.05) is 25.9 Å². The van der Waals surface area contributed by atoms with E-state index in [1.807, 2.05) is 13.8 Å². The maximum Gasteiger partial charge on any atom is 0.253 e. The Balaban J connectivity index is 0.00000371. The van der Waals surface area contributed by atoms with E-state index < -0.39 is 29.7 Å². The van der Waals surface area contributed by atoms with Crippen molar-refractivity contribution in [2.24, 2.45) is 4.99 Å². The summed E-state index contributed by atoms with van der Waals surface area (Å²) in [5, 5.41) is 16.4. The number of aliphatic imine (C=N–C) groups is 1. The van der Waals surface area contributed by atoms with Gasteiger partial charge in [0.25, 0.3) is 11.8 Å². The van der Waals surface area contributed by atoms with Gasteiger partial charge in [0, 0.05) is 49.2 Å².